The SMILES string of the molecule is CCNC(=NCCOCCS(C)(=O)=O)NC1CCN(CC(F)F)CC1. The largest absolute Gasteiger partial charge is 0.378 e. The number of piperidine rings is 1. The average Bonchev–Trinajstić information content (AvgIpc) is 2.51. The Bertz CT molecular complexity index is 495. The van der Waals surface area contributed by atoms with Crippen LogP contribution in [0.3, 0.4) is 0 Å². The molecule has 0 saturated carbocycles. The Labute approximate surface area is 149 Å². The van der Waals surface area contributed by atoms with E-state index in [0.717, 1.165) is 12.8 Å². The monoisotopic (exact) mass is 384 g/mol. The van der Waals surface area contributed by atoms with Crippen LogP contribution in [0, 0.1) is 0 Å². The fourth-order valence-electron chi connectivity index (χ4n) is 2.50. The Morgan fingerprint density at radius 3 is 2.56 bits per heavy atom. The number of halogens is 2. The van der Waals surface area contributed by atoms with Gasteiger partial charge in [0.25, 0.3) is 6.43 Å². The van der Waals surface area contributed by atoms with E-state index in [-0.39, 0.29) is 24.9 Å². The molecule has 0 aromatic carbocycles. The molecule has 0 unspecified atom stereocenters. The lowest BCUT2D eigenvalue weighted by Crippen LogP contribution is -2.49. The number of ether oxygens (including phenoxy) is 1. The van der Waals surface area contributed by atoms with Gasteiger partial charge in [0.05, 0.1) is 32.1 Å². The maximum absolute atomic E-state index is 12.4. The van der Waals surface area contributed by atoms with Crippen molar-refractivity contribution >= 4 is 15.8 Å². The van der Waals surface area contributed by atoms with Gasteiger partial charge in [0.1, 0.15) is 9.84 Å². The molecule has 2 N–H and O–H groups in total. The molecule has 7 nitrogen and oxygen atoms in total. The van der Waals surface area contributed by atoms with Gasteiger partial charge in [-0.15, -0.1) is 0 Å². The third-order valence-electron chi connectivity index (χ3n) is 3.77. The molecule has 0 bridgehead atoms. The Hall–Kier alpha value is -1.00. The number of nitrogens with zero attached hydrogens (tertiary/aromatic N) is 2. The van der Waals surface area contributed by atoms with Gasteiger partial charge in [-0.3, -0.25) is 9.89 Å². The van der Waals surface area contributed by atoms with Crippen LogP contribution < -0.4 is 10.6 Å². The van der Waals surface area contributed by atoms with E-state index in [4.69, 9.17) is 4.74 Å². The van der Waals surface area contributed by atoms with Gasteiger partial charge < -0.3 is 15.4 Å². The highest BCUT2D eigenvalue weighted by Gasteiger charge is 2.21. The van der Waals surface area contributed by atoms with Crippen LogP contribution in [0.2, 0.25) is 0 Å². The van der Waals surface area contributed by atoms with Gasteiger partial charge in [0.15, 0.2) is 5.96 Å². The molecule has 1 fully saturated rings. The third-order valence-corrected chi connectivity index (χ3v) is 4.68. The van der Waals surface area contributed by atoms with Crippen molar-refractivity contribution < 1.29 is 21.9 Å². The van der Waals surface area contributed by atoms with Gasteiger partial charge in [-0.2, -0.15) is 0 Å². The lowest BCUT2D eigenvalue weighted by Gasteiger charge is -2.32. The number of hydrogen-bond donors (Lipinski definition) is 2. The zero-order valence-electron chi connectivity index (χ0n) is 15.0. The Morgan fingerprint density at radius 2 is 2.00 bits per heavy atom. The van der Waals surface area contributed by atoms with Gasteiger partial charge in [-0.25, -0.2) is 17.2 Å². The van der Waals surface area contributed by atoms with Crippen molar-refractivity contribution in [3.05, 3.63) is 0 Å². The highest BCUT2D eigenvalue weighted by atomic mass is 32.2. The van der Waals surface area contributed by atoms with Crippen molar-refractivity contribution in [3.63, 3.8) is 0 Å². The topological polar surface area (TPSA) is 83.0 Å². The molecule has 10 heteroatoms. The molecule has 1 heterocycles. The molecule has 0 aromatic heterocycles. The maximum Gasteiger partial charge on any atom is 0.251 e. The van der Waals surface area contributed by atoms with Gasteiger partial charge in [0, 0.05) is 31.9 Å². The first-order chi connectivity index (χ1) is 11.8. The van der Waals surface area contributed by atoms with Gasteiger partial charge >= 0.3 is 0 Å². The molecule has 0 amide bonds. The number of alkyl halides is 2. The third kappa shape index (κ3) is 11.3. The van der Waals surface area contributed by atoms with Crippen LogP contribution in [0.15, 0.2) is 4.99 Å². The van der Waals surface area contributed by atoms with E-state index < -0.39 is 16.3 Å². The van der Waals surface area contributed by atoms with Crippen molar-refractivity contribution in [1.82, 2.24) is 15.5 Å². The van der Waals surface area contributed by atoms with Crippen molar-refractivity contribution in [3.8, 4) is 0 Å². The lowest BCUT2D eigenvalue weighted by atomic mass is 10.1. The van der Waals surface area contributed by atoms with Crippen LogP contribution in [-0.4, -0.2) is 89.7 Å². The quantitative estimate of drug-likeness (QED) is 0.321. The number of likely N-dealkylation sites (tertiary alicyclic amines) is 1. The van der Waals surface area contributed by atoms with Gasteiger partial charge in [0.2, 0.25) is 0 Å². The highest BCUT2D eigenvalue weighted by Crippen LogP contribution is 2.11. The second-order valence-corrected chi connectivity index (χ2v) is 8.37. The summed E-state index contributed by atoms with van der Waals surface area (Å²) in [5.74, 6) is 0.674. The van der Waals surface area contributed by atoms with E-state index >= 15 is 0 Å². The fourth-order valence-corrected chi connectivity index (χ4v) is 2.92. The van der Waals surface area contributed by atoms with Crippen LogP contribution in [-0.2, 0) is 14.6 Å². The second-order valence-electron chi connectivity index (χ2n) is 6.11. The zero-order valence-corrected chi connectivity index (χ0v) is 15.8. The summed E-state index contributed by atoms with van der Waals surface area (Å²) >= 11 is 0. The van der Waals surface area contributed by atoms with E-state index in [1.165, 1.54) is 6.26 Å². The minimum Gasteiger partial charge on any atom is -0.378 e. The highest BCUT2D eigenvalue weighted by molar-refractivity contribution is 7.90. The summed E-state index contributed by atoms with van der Waals surface area (Å²) in [6.07, 6.45) is 0.476. The molecule has 148 valence electrons. The molecule has 0 atom stereocenters. The summed E-state index contributed by atoms with van der Waals surface area (Å²) < 4.78 is 52.0. The first kappa shape index (κ1) is 22.0. The summed E-state index contributed by atoms with van der Waals surface area (Å²) in [4.78, 5) is 6.18. The normalized spacial score (nSPS) is 17.9. The lowest BCUT2D eigenvalue weighted by molar-refractivity contribution is 0.0744. The van der Waals surface area contributed by atoms with Crippen LogP contribution in [0.5, 0.6) is 0 Å². The minimum absolute atomic E-state index is 0.00617. The van der Waals surface area contributed by atoms with Gasteiger partial charge in [-0.05, 0) is 19.8 Å². The molecule has 1 rings (SSSR count). The van der Waals surface area contributed by atoms with Crippen molar-refractivity contribution in [1.29, 1.82) is 0 Å². The molecule has 0 aromatic rings. The summed E-state index contributed by atoms with van der Waals surface area (Å²) in [7, 11) is -3.00. The second kappa shape index (κ2) is 11.6. The summed E-state index contributed by atoms with van der Waals surface area (Å²) in [6.45, 7) is 4.75. The average molecular weight is 384 g/mol. The summed E-state index contributed by atoms with van der Waals surface area (Å²) in [6, 6.07) is 0.206. The van der Waals surface area contributed by atoms with E-state index in [0.29, 0.717) is 38.7 Å². The molecule has 1 saturated heterocycles. The number of hydrogen-bond acceptors (Lipinski definition) is 5. The first-order valence-electron chi connectivity index (χ1n) is 8.61. The van der Waals surface area contributed by atoms with E-state index in [2.05, 4.69) is 15.6 Å². The fraction of sp³-hybridized carbons (Fsp3) is 0.933. The van der Waals surface area contributed by atoms with Crippen molar-refractivity contribution in [2.45, 2.75) is 32.2 Å². The predicted octanol–water partition coefficient (Wildman–Crippen LogP) is 0.332. The van der Waals surface area contributed by atoms with Crippen LogP contribution in [0.25, 0.3) is 0 Å². The van der Waals surface area contributed by atoms with Crippen LogP contribution in [0.4, 0.5) is 8.78 Å². The van der Waals surface area contributed by atoms with Crippen LogP contribution in [0.1, 0.15) is 19.8 Å². The smallest absolute Gasteiger partial charge is 0.251 e. The molecule has 0 aliphatic carbocycles. The van der Waals surface area contributed by atoms with Crippen molar-refractivity contribution in [2.75, 3.05) is 57.9 Å². The van der Waals surface area contributed by atoms with E-state index in [1.54, 1.807) is 4.90 Å². The molecule has 1 aliphatic heterocycles. The van der Waals surface area contributed by atoms with E-state index in [9.17, 15) is 17.2 Å². The molecule has 0 spiro atoms. The van der Waals surface area contributed by atoms with E-state index in [1.807, 2.05) is 6.92 Å². The number of sulfone groups is 1. The predicted molar refractivity (Wildman–Crippen MR) is 95.1 cm³/mol. The number of nitrogens with one attached hydrogen (secondary N) is 2. The summed E-state index contributed by atoms with van der Waals surface area (Å²) in [5, 5.41) is 6.46. The molecular formula is C15H30F2N4O3S. The minimum atomic E-state index is -3.00. The van der Waals surface area contributed by atoms with Crippen LogP contribution >= 0.6 is 0 Å². The zero-order chi connectivity index (χ0) is 18.7. The Kier molecular flexibility index (Phi) is 10.2. The maximum atomic E-state index is 12.4. The van der Waals surface area contributed by atoms with Gasteiger partial charge in [-0.1, -0.05) is 0 Å². The first-order valence-corrected chi connectivity index (χ1v) is 10.7. The number of guanidine groups is 1. The number of rotatable bonds is 10. The standard InChI is InChI=1S/C15H30F2N4O3S/c1-3-18-15(19-6-9-24-10-11-25(2,22)23)20-13-4-7-21(8-5-13)12-14(16)17/h13-14H,3-12H2,1-2H3,(H2,18,19,20). The molecule has 25 heavy (non-hydrogen) atoms. The molecule has 0 radical (unpaired) electrons. The van der Waals surface area contributed by atoms with Crippen molar-refractivity contribution in [2.24, 2.45) is 4.99 Å². The number of aliphatic imine (C=N–C) groups is 1. The Morgan fingerprint density at radius 1 is 1.32 bits per heavy atom. The molecular weight excluding hydrogens is 354 g/mol. The molecule has 1 aliphatic rings. The summed E-state index contributed by atoms with van der Waals surface area (Å²) in [5.41, 5.74) is 0. The Balaban J connectivity index is 2.29.